The van der Waals surface area contributed by atoms with Crippen LogP contribution in [0.2, 0.25) is 5.02 Å². The minimum absolute atomic E-state index is 0.293. The summed E-state index contributed by atoms with van der Waals surface area (Å²) in [6.45, 7) is 1.19. The van der Waals surface area contributed by atoms with Gasteiger partial charge in [0.25, 0.3) is 0 Å². The summed E-state index contributed by atoms with van der Waals surface area (Å²) in [5.74, 6) is -0.293. The van der Waals surface area contributed by atoms with Crippen LogP contribution >= 0.6 is 11.6 Å². The first-order valence-electron chi connectivity index (χ1n) is 7.39. The van der Waals surface area contributed by atoms with Gasteiger partial charge in [0.05, 0.1) is 11.1 Å². The monoisotopic (exact) mass is 320 g/mol. The normalized spacial score (nSPS) is 16.0. The van der Waals surface area contributed by atoms with Crippen LogP contribution in [0, 0.1) is 5.82 Å². The molecule has 2 aromatic rings. The molecule has 0 spiro atoms. The van der Waals surface area contributed by atoms with Crippen molar-refractivity contribution in [3.8, 4) is 0 Å². The fourth-order valence-electron chi connectivity index (χ4n) is 2.55. The number of pyridine rings is 1. The SMILES string of the molecule is OC(CN(Cc1ccncc1Cl)C1CC1)c1ccc(F)cc1. The van der Waals surface area contributed by atoms with Crippen LogP contribution in [0.1, 0.15) is 30.1 Å². The minimum atomic E-state index is -0.637. The molecule has 1 aromatic carbocycles. The third kappa shape index (κ3) is 3.83. The smallest absolute Gasteiger partial charge is 0.123 e. The summed E-state index contributed by atoms with van der Waals surface area (Å²) in [7, 11) is 0. The van der Waals surface area contributed by atoms with Crippen molar-refractivity contribution >= 4 is 11.6 Å². The highest BCUT2D eigenvalue weighted by molar-refractivity contribution is 6.31. The lowest BCUT2D eigenvalue weighted by atomic mass is 10.1. The number of benzene rings is 1. The molecule has 0 amide bonds. The summed E-state index contributed by atoms with van der Waals surface area (Å²) in [5, 5.41) is 11.0. The molecule has 0 bridgehead atoms. The Morgan fingerprint density at radius 2 is 2.00 bits per heavy atom. The molecule has 5 heteroatoms. The second-order valence-corrected chi connectivity index (χ2v) is 6.10. The quantitative estimate of drug-likeness (QED) is 0.884. The van der Waals surface area contributed by atoms with Gasteiger partial charge in [0.15, 0.2) is 0 Å². The summed E-state index contributed by atoms with van der Waals surface area (Å²) < 4.78 is 13.0. The Morgan fingerprint density at radius 3 is 2.64 bits per heavy atom. The largest absolute Gasteiger partial charge is 0.387 e. The molecule has 1 unspecified atom stereocenters. The Morgan fingerprint density at radius 1 is 1.27 bits per heavy atom. The zero-order chi connectivity index (χ0) is 15.5. The van der Waals surface area contributed by atoms with Crippen molar-refractivity contribution in [3.05, 3.63) is 64.7 Å². The highest BCUT2D eigenvalue weighted by Crippen LogP contribution is 2.31. The average Bonchev–Trinajstić information content (AvgIpc) is 3.34. The Balaban J connectivity index is 1.69. The number of rotatable bonds is 6. The van der Waals surface area contributed by atoms with Crippen LogP contribution in [-0.2, 0) is 6.54 Å². The second-order valence-electron chi connectivity index (χ2n) is 5.70. The molecule has 1 saturated carbocycles. The minimum Gasteiger partial charge on any atom is -0.387 e. The first-order valence-corrected chi connectivity index (χ1v) is 7.77. The molecule has 1 aliphatic rings. The molecular formula is C17H18ClFN2O. The molecule has 1 heterocycles. The zero-order valence-corrected chi connectivity index (χ0v) is 12.9. The van der Waals surface area contributed by atoms with E-state index in [-0.39, 0.29) is 5.82 Å². The van der Waals surface area contributed by atoms with Gasteiger partial charge in [-0.15, -0.1) is 0 Å². The van der Waals surface area contributed by atoms with E-state index in [1.54, 1.807) is 24.5 Å². The predicted octanol–water partition coefficient (Wildman–Crippen LogP) is 3.57. The first-order chi connectivity index (χ1) is 10.6. The molecule has 116 valence electrons. The van der Waals surface area contributed by atoms with Crippen molar-refractivity contribution in [3.63, 3.8) is 0 Å². The molecule has 1 N–H and O–H groups in total. The fraction of sp³-hybridized carbons (Fsp3) is 0.353. The van der Waals surface area contributed by atoms with Gasteiger partial charge in [0.1, 0.15) is 5.82 Å². The van der Waals surface area contributed by atoms with Crippen LogP contribution in [0.5, 0.6) is 0 Å². The number of halogens is 2. The maximum Gasteiger partial charge on any atom is 0.123 e. The average molecular weight is 321 g/mol. The van der Waals surface area contributed by atoms with Crippen molar-refractivity contribution in [1.82, 2.24) is 9.88 Å². The topological polar surface area (TPSA) is 36.4 Å². The summed E-state index contributed by atoms with van der Waals surface area (Å²) >= 11 is 6.17. The molecule has 1 aromatic heterocycles. The van der Waals surface area contributed by atoms with Gasteiger partial charge in [-0.25, -0.2) is 4.39 Å². The lowest BCUT2D eigenvalue weighted by Crippen LogP contribution is -2.30. The molecule has 0 radical (unpaired) electrons. The van der Waals surface area contributed by atoms with E-state index in [1.807, 2.05) is 6.07 Å². The van der Waals surface area contributed by atoms with Crippen LogP contribution in [0.4, 0.5) is 4.39 Å². The van der Waals surface area contributed by atoms with Gasteiger partial charge >= 0.3 is 0 Å². The van der Waals surface area contributed by atoms with Gasteiger partial charge in [-0.3, -0.25) is 9.88 Å². The number of hydrogen-bond acceptors (Lipinski definition) is 3. The van der Waals surface area contributed by atoms with E-state index in [1.165, 1.54) is 12.1 Å². The van der Waals surface area contributed by atoms with Gasteiger partial charge in [0.2, 0.25) is 0 Å². The number of nitrogens with zero attached hydrogens (tertiary/aromatic N) is 2. The molecule has 1 atom stereocenters. The fourth-order valence-corrected chi connectivity index (χ4v) is 2.72. The molecule has 3 nitrogen and oxygen atoms in total. The van der Waals surface area contributed by atoms with E-state index < -0.39 is 6.10 Å². The van der Waals surface area contributed by atoms with Crippen LogP contribution in [-0.4, -0.2) is 27.6 Å². The van der Waals surface area contributed by atoms with Gasteiger partial charge < -0.3 is 5.11 Å². The van der Waals surface area contributed by atoms with E-state index in [9.17, 15) is 9.50 Å². The number of aliphatic hydroxyl groups excluding tert-OH is 1. The zero-order valence-electron chi connectivity index (χ0n) is 12.1. The Bertz CT molecular complexity index is 631. The third-order valence-electron chi connectivity index (χ3n) is 3.96. The number of aliphatic hydroxyl groups is 1. The first kappa shape index (κ1) is 15.4. The van der Waals surface area contributed by atoms with E-state index in [0.29, 0.717) is 24.2 Å². The molecule has 1 aliphatic carbocycles. The standard InChI is InChI=1S/C17H18ClFN2O/c18-16-9-20-8-7-13(16)10-21(15-5-6-15)11-17(22)12-1-3-14(19)4-2-12/h1-4,7-9,15,17,22H,5-6,10-11H2. The van der Waals surface area contributed by atoms with E-state index in [4.69, 9.17) is 11.6 Å². The van der Waals surface area contributed by atoms with Gasteiger partial charge in [0, 0.05) is 31.5 Å². The molecule has 22 heavy (non-hydrogen) atoms. The van der Waals surface area contributed by atoms with Gasteiger partial charge in [-0.05, 0) is 42.2 Å². The van der Waals surface area contributed by atoms with Crippen LogP contribution in [0.15, 0.2) is 42.7 Å². The van der Waals surface area contributed by atoms with Crippen LogP contribution in [0.3, 0.4) is 0 Å². The van der Waals surface area contributed by atoms with E-state index >= 15 is 0 Å². The molecular weight excluding hydrogens is 303 g/mol. The van der Waals surface area contributed by atoms with E-state index in [2.05, 4.69) is 9.88 Å². The van der Waals surface area contributed by atoms with Crippen LogP contribution in [0.25, 0.3) is 0 Å². The third-order valence-corrected chi connectivity index (χ3v) is 4.30. The molecule has 0 aliphatic heterocycles. The highest BCUT2D eigenvalue weighted by atomic mass is 35.5. The van der Waals surface area contributed by atoms with Gasteiger partial charge in [-0.2, -0.15) is 0 Å². The lowest BCUT2D eigenvalue weighted by molar-refractivity contribution is 0.104. The highest BCUT2D eigenvalue weighted by Gasteiger charge is 2.30. The molecule has 3 rings (SSSR count). The van der Waals surface area contributed by atoms with Crippen molar-refractivity contribution in [2.75, 3.05) is 6.54 Å². The number of aromatic nitrogens is 1. The number of hydrogen-bond donors (Lipinski definition) is 1. The Kier molecular flexibility index (Phi) is 4.71. The van der Waals surface area contributed by atoms with Crippen LogP contribution < -0.4 is 0 Å². The summed E-state index contributed by atoms with van der Waals surface area (Å²) in [6.07, 6.45) is 5.00. The van der Waals surface area contributed by atoms with Crippen molar-refractivity contribution in [2.45, 2.75) is 31.5 Å². The Labute approximate surface area is 134 Å². The van der Waals surface area contributed by atoms with Crippen molar-refractivity contribution in [1.29, 1.82) is 0 Å². The maximum absolute atomic E-state index is 13.0. The summed E-state index contributed by atoms with van der Waals surface area (Å²) in [5.41, 5.74) is 1.74. The predicted molar refractivity (Wildman–Crippen MR) is 84.0 cm³/mol. The van der Waals surface area contributed by atoms with E-state index in [0.717, 1.165) is 24.0 Å². The Hall–Kier alpha value is -1.49. The summed E-state index contributed by atoms with van der Waals surface area (Å²) in [6, 6.07) is 8.40. The van der Waals surface area contributed by atoms with Gasteiger partial charge in [-0.1, -0.05) is 23.7 Å². The lowest BCUT2D eigenvalue weighted by Gasteiger charge is -2.25. The molecule has 0 saturated heterocycles. The summed E-state index contributed by atoms with van der Waals surface area (Å²) in [4.78, 5) is 6.23. The second kappa shape index (κ2) is 6.73. The molecule has 1 fully saturated rings. The van der Waals surface area contributed by atoms with Crippen molar-refractivity contribution in [2.24, 2.45) is 0 Å². The van der Waals surface area contributed by atoms with Crippen molar-refractivity contribution < 1.29 is 9.50 Å². The maximum atomic E-state index is 13.0.